The molecule has 0 saturated carbocycles. The molecule has 142 valence electrons. The number of amides is 1. The number of carbonyl (C=O) groups excluding carboxylic acids is 1. The minimum atomic E-state index is -0.243. The quantitative estimate of drug-likeness (QED) is 0.883. The van der Waals surface area contributed by atoms with E-state index in [1.165, 1.54) is 22.3 Å². The Balaban J connectivity index is 1.48. The van der Waals surface area contributed by atoms with Crippen molar-refractivity contribution in [1.29, 1.82) is 0 Å². The van der Waals surface area contributed by atoms with Crippen LogP contribution in [0.3, 0.4) is 0 Å². The summed E-state index contributed by atoms with van der Waals surface area (Å²) in [6.45, 7) is 5.31. The second-order valence-corrected chi connectivity index (χ2v) is 7.96. The Labute approximate surface area is 160 Å². The normalized spacial score (nSPS) is 24.4. The zero-order valence-corrected chi connectivity index (χ0v) is 16.0. The van der Waals surface area contributed by atoms with Crippen LogP contribution in [-0.4, -0.2) is 41.9 Å². The van der Waals surface area contributed by atoms with Crippen LogP contribution in [0, 0.1) is 11.8 Å². The maximum atomic E-state index is 12.8. The lowest BCUT2D eigenvalue weighted by atomic mass is 9.84. The number of carbonyl (C=O) groups is 1. The van der Waals surface area contributed by atoms with E-state index >= 15 is 0 Å². The van der Waals surface area contributed by atoms with Gasteiger partial charge in [0.2, 0.25) is 0 Å². The summed E-state index contributed by atoms with van der Waals surface area (Å²) in [4.78, 5) is 14.6. The van der Waals surface area contributed by atoms with Crippen LogP contribution in [0.1, 0.15) is 37.3 Å². The maximum Gasteiger partial charge on any atom is 0.410 e. The molecule has 1 aliphatic carbocycles. The van der Waals surface area contributed by atoms with Crippen molar-refractivity contribution in [2.24, 2.45) is 11.8 Å². The molecule has 0 bridgehead atoms. The number of hydrogen-bond donors (Lipinski definition) is 1. The summed E-state index contributed by atoms with van der Waals surface area (Å²) in [7, 11) is 0. The molecule has 0 spiro atoms. The second-order valence-electron chi connectivity index (χ2n) is 7.96. The topological polar surface area (TPSA) is 49.8 Å². The first-order valence-corrected chi connectivity index (χ1v) is 9.82. The molecule has 2 aliphatic rings. The SMILES string of the molecule is CC1CN(C(=O)OCC2c3ccccc3-c3ccccc32)C(C)CC1CO. The van der Waals surface area contributed by atoms with Gasteiger partial charge in [0.15, 0.2) is 0 Å². The third-order valence-electron chi connectivity index (χ3n) is 6.27. The lowest BCUT2D eigenvalue weighted by Crippen LogP contribution is -2.49. The standard InChI is InChI=1S/C23H27NO3/c1-15-12-24(16(2)11-17(15)13-25)23(26)27-14-22-20-9-5-3-7-18(20)19-8-4-6-10-21(19)22/h3-10,15-17,22,25H,11-14H2,1-2H3. The maximum absolute atomic E-state index is 12.8. The van der Waals surface area contributed by atoms with E-state index in [9.17, 15) is 9.90 Å². The van der Waals surface area contributed by atoms with Crippen molar-refractivity contribution in [3.63, 3.8) is 0 Å². The van der Waals surface area contributed by atoms with Crippen molar-refractivity contribution in [2.75, 3.05) is 19.8 Å². The van der Waals surface area contributed by atoms with E-state index in [0.29, 0.717) is 13.2 Å². The van der Waals surface area contributed by atoms with Gasteiger partial charge in [-0.05, 0) is 47.4 Å². The van der Waals surface area contributed by atoms with E-state index in [1.807, 2.05) is 24.0 Å². The van der Waals surface area contributed by atoms with Crippen LogP contribution in [0.2, 0.25) is 0 Å². The van der Waals surface area contributed by atoms with E-state index < -0.39 is 0 Å². The third-order valence-corrected chi connectivity index (χ3v) is 6.27. The van der Waals surface area contributed by atoms with Crippen molar-refractivity contribution >= 4 is 6.09 Å². The number of piperidine rings is 1. The molecule has 1 amide bonds. The van der Waals surface area contributed by atoms with Gasteiger partial charge in [-0.25, -0.2) is 4.79 Å². The minimum absolute atomic E-state index is 0.0871. The average molecular weight is 365 g/mol. The Morgan fingerprint density at radius 1 is 1.07 bits per heavy atom. The van der Waals surface area contributed by atoms with E-state index in [2.05, 4.69) is 43.3 Å². The van der Waals surface area contributed by atoms with Crippen molar-refractivity contribution in [3.8, 4) is 11.1 Å². The van der Waals surface area contributed by atoms with E-state index in [4.69, 9.17) is 4.74 Å². The smallest absolute Gasteiger partial charge is 0.410 e. The Morgan fingerprint density at radius 3 is 2.26 bits per heavy atom. The van der Waals surface area contributed by atoms with Crippen LogP contribution in [0.4, 0.5) is 4.79 Å². The number of rotatable bonds is 3. The molecule has 1 fully saturated rings. The highest BCUT2D eigenvalue weighted by Crippen LogP contribution is 2.44. The number of fused-ring (bicyclic) bond motifs is 3. The number of benzene rings is 2. The number of aliphatic hydroxyl groups excluding tert-OH is 1. The monoisotopic (exact) mass is 365 g/mol. The molecule has 4 rings (SSSR count). The molecular formula is C23H27NO3. The Bertz CT molecular complexity index is 788. The molecule has 1 saturated heterocycles. The first-order valence-electron chi connectivity index (χ1n) is 9.82. The molecule has 1 N–H and O–H groups in total. The lowest BCUT2D eigenvalue weighted by molar-refractivity contribution is 0.0306. The summed E-state index contributed by atoms with van der Waals surface area (Å²) in [5.74, 6) is 0.633. The summed E-state index contributed by atoms with van der Waals surface area (Å²) in [6, 6.07) is 16.8. The molecule has 0 aromatic heterocycles. The van der Waals surface area contributed by atoms with Crippen LogP contribution < -0.4 is 0 Å². The van der Waals surface area contributed by atoms with Gasteiger partial charge in [0.1, 0.15) is 6.61 Å². The lowest BCUT2D eigenvalue weighted by Gasteiger charge is -2.40. The van der Waals surface area contributed by atoms with Gasteiger partial charge in [0.05, 0.1) is 0 Å². The van der Waals surface area contributed by atoms with E-state index in [1.54, 1.807) is 0 Å². The summed E-state index contributed by atoms with van der Waals surface area (Å²) < 4.78 is 5.79. The number of likely N-dealkylation sites (tertiary alicyclic amines) is 1. The summed E-state index contributed by atoms with van der Waals surface area (Å²) in [5.41, 5.74) is 4.93. The van der Waals surface area contributed by atoms with Crippen molar-refractivity contribution in [1.82, 2.24) is 4.90 Å². The predicted molar refractivity (Wildman–Crippen MR) is 106 cm³/mol. The van der Waals surface area contributed by atoms with Crippen molar-refractivity contribution in [3.05, 3.63) is 59.7 Å². The van der Waals surface area contributed by atoms with E-state index in [-0.39, 0.29) is 36.5 Å². The molecule has 2 aromatic carbocycles. The Kier molecular flexibility index (Phi) is 4.92. The summed E-state index contributed by atoms with van der Waals surface area (Å²) in [5, 5.41) is 9.50. The van der Waals surface area contributed by atoms with Gasteiger partial charge in [-0.15, -0.1) is 0 Å². The van der Waals surface area contributed by atoms with Crippen LogP contribution in [-0.2, 0) is 4.74 Å². The first kappa shape index (κ1) is 18.1. The Morgan fingerprint density at radius 2 is 1.67 bits per heavy atom. The molecule has 1 aliphatic heterocycles. The first-order chi connectivity index (χ1) is 13.1. The van der Waals surface area contributed by atoms with Gasteiger partial charge in [-0.2, -0.15) is 0 Å². The Hall–Kier alpha value is -2.33. The average Bonchev–Trinajstić information content (AvgIpc) is 3.01. The van der Waals surface area contributed by atoms with Gasteiger partial charge < -0.3 is 14.7 Å². The molecule has 4 heteroatoms. The van der Waals surface area contributed by atoms with E-state index in [0.717, 1.165) is 6.42 Å². The summed E-state index contributed by atoms with van der Waals surface area (Å²) >= 11 is 0. The van der Waals surface area contributed by atoms with Gasteiger partial charge in [0.25, 0.3) is 0 Å². The van der Waals surface area contributed by atoms with Gasteiger partial charge in [-0.1, -0.05) is 55.5 Å². The molecule has 3 unspecified atom stereocenters. The molecule has 4 nitrogen and oxygen atoms in total. The summed E-state index contributed by atoms with van der Waals surface area (Å²) in [6.07, 6.45) is 0.578. The van der Waals surface area contributed by atoms with Crippen LogP contribution in [0.25, 0.3) is 11.1 Å². The largest absolute Gasteiger partial charge is 0.448 e. The fraction of sp³-hybridized carbons (Fsp3) is 0.435. The fourth-order valence-electron chi connectivity index (χ4n) is 4.62. The highest BCUT2D eigenvalue weighted by atomic mass is 16.6. The van der Waals surface area contributed by atoms with Gasteiger partial charge >= 0.3 is 6.09 Å². The molecule has 1 heterocycles. The minimum Gasteiger partial charge on any atom is -0.448 e. The van der Waals surface area contributed by atoms with Crippen LogP contribution in [0.5, 0.6) is 0 Å². The molecular weight excluding hydrogens is 338 g/mol. The zero-order valence-electron chi connectivity index (χ0n) is 16.0. The fourth-order valence-corrected chi connectivity index (χ4v) is 4.62. The van der Waals surface area contributed by atoms with Gasteiger partial charge in [0, 0.05) is 25.1 Å². The van der Waals surface area contributed by atoms with Crippen molar-refractivity contribution < 1.29 is 14.6 Å². The van der Waals surface area contributed by atoms with Crippen LogP contribution in [0.15, 0.2) is 48.5 Å². The predicted octanol–water partition coefficient (Wildman–Crippen LogP) is 4.27. The number of ether oxygens (including phenoxy) is 1. The van der Waals surface area contributed by atoms with Crippen LogP contribution >= 0.6 is 0 Å². The van der Waals surface area contributed by atoms with Crippen molar-refractivity contribution in [2.45, 2.75) is 32.2 Å². The van der Waals surface area contributed by atoms with Gasteiger partial charge in [-0.3, -0.25) is 0 Å². The zero-order chi connectivity index (χ0) is 19.0. The molecule has 0 radical (unpaired) electrons. The number of nitrogens with zero attached hydrogens (tertiary/aromatic N) is 1. The number of aliphatic hydroxyl groups is 1. The molecule has 3 atom stereocenters. The number of hydrogen-bond acceptors (Lipinski definition) is 3. The molecule has 2 aromatic rings. The second kappa shape index (κ2) is 7.35. The molecule has 27 heavy (non-hydrogen) atoms. The highest BCUT2D eigenvalue weighted by Gasteiger charge is 2.35. The highest BCUT2D eigenvalue weighted by molar-refractivity contribution is 5.79. The third kappa shape index (κ3) is 3.23.